The molecular weight excluding hydrogens is 260 g/mol. The Balaban J connectivity index is 2.11. The Bertz CT molecular complexity index is 419. The fraction of sp³-hybridized carbons (Fsp3) is 0.842. The minimum atomic E-state index is -0.337. The highest BCUT2D eigenvalue weighted by atomic mass is 16.6. The van der Waals surface area contributed by atoms with E-state index in [1.165, 1.54) is 25.7 Å². The first-order valence-electron chi connectivity index (χ1n) is 8.78. The lowest BCUT2D eigenvalue weighted by Crippen LogP contribution is -2.37. The summed E-state index contributed by atoms with van der Waals surface area (Å²) in [4.78, 5) is 11.9. The second-order valence-electron chi connectivity index (χ2n) is 7.70. The molecule has 2 rings (SSSR count). The largest absolute Gasteiger partial charge is 0.459 e. The van der Waals surface area contributed by atoms with Gasteiger partial charge in [-0.25, -0.2) is 0 Å². The van der Waals surface area contributed by atoms with Crippen LogP contribution in [0.3, 0.4) is 0 Å². The molecule has 0 fully saturated rings. The molecule has 0 saturated carbocycles. The number of hydrogen-bond acceptors (Lipinski definition) is 2. The van der Waals surface area contributed by atoms with Crippen LogP contribution in [0.15, 0.2) is 11.1 Å². The highest BCUT2D eigenvalue weighted by Crippen LogP contribution is 2.46. The molecule has 2 nitrogen and oxygen atoms in total. The van der Waals surface area contributed by atoms with Gasteiger partial charge in [0.05, 0.1) is 0 Å². The Morgan fingerprint density at radius 2 is 1.81 bits per heavy atom. The molecule has 0 aromatic heterocycles. The van der Waals surface area contributed by atoms with Gasteiger partial charge in [0, 0.05) is 12.3 Å². The van der Waals surface area contributed by atoms with Crippen molar-refractivity contribution < 1.29 is 9.53 Å². The van der Waals surface area contributed by atoms with E-state index >= 15 is 0 Å². The Morgan fingerprint density at radius 3 is 2.48 bits per heavy atom. The van der Waals surface area contributed by atoms with Crippen LogP contribution in [-0.2, 0) is 9.53 Å². The van der Waals surface area contributed by atoms with Gasteiger partial charge >= 0.3 is 5.97 Å². The molecule has 0 radical (unpaired) electrons. The van der Waals surface area contributed by atoms with Gasteiger partial charge in [-0.1, -0.05) is 31.9 Å². The first-order chi connectivity index (χ1) is 9.85. The van der Waals surface area contributed by atoms with Crippen molar-refractivity contribution in [2.75, 3.05) is 0 Å². The number of allylic oxidation sites excluding steroid dienone is 2. The number of carbonyl (C=O) groups excluding carboxylic acids is 1. The van der Waals surface area contributed by atoms with Gasteiger partial charge in [0.15, 0.2) is 0 Å². The summed E-state index contributed by atoms with van der Waals surface area (Å²) in [7, 11) is 0. The highest BCUT2D eigenvalue weighted by Gasteiger charge is 2.38. The first-order valence-corrected chi connectivity index (χ1v) is 8.78. The average Bonchev–Trinajstić information content (AvgIpc) is 2.64. The van der Waals surface area contributed by atoms with E-state index in [0.29, 0.717) is 12.3 Å². The van der Waals surface area contributed by atoms with Crippen molar-refractivity contribution in [3.05, 3.63) is 11.1 Å². The zero-order chi connectivity index (χ0) is 15.6. The monoisotopic (exact) mass is 292 g/mol. The van der Waals surface area contributed by atoms with Crippen molar-refractivity contribution in [3.63, 3.8) is 0 Å². The zero-order valence-corrected chi connectivity index (χ0v) is 14.5. The lowest BCUT2D eigenvalue weighted by Gasteiger charge is -2.34. The third-order valence-electron chi connectivity index (χ3n) is 5.68. The van der Waals surface area contributed by atoms with E-state index < -0.39 is 0 Å². The van der Waals surface area contributed by atoms with Crippen LogP contribution in [0.5, 0.6) is 0 Å². The van der Waals surface area contributed by atoms with Gasteiger partial charge in [-0.2, -0.15) is 0 Å². The molecule has 2 heteroatoms. The number of rotatable bonds is 4. The van der Waals surface area contributed by atoms with Gasteiger partial charge in [0.2, 0.25) is 0 Å². The number of carbonyl (C=O) groups is 1. The summed E-state index contributed by atoms with van der Waals surface area (Å²) in [6.45, 7) is 11.0. The van der Waals surface area contributed by atoms with Crippen molar-refractivity contribution in [1.82, 2.24) is 0 Å². The Labute approximate surface area is 130 Å². The summed E-state index contributed by atoms with van der Waals surface area (Å²) in [5.74, 6) is 1.88. The minimum absolute atomic E-state index is 0.0338. The third-order valence-corrected chi connectivity index (χ3v) is 5.68. The van der Waals surface area contributed by atoms with E-state index in [1.807, 2.05) is 6.92 Å². The third kappa shape index (κ3) is 3.70. The molecule has 0 bridgehead atoms. The van der Waals surface area contributed by atoms with E-state index in [0.717, 1.165) is 24.7 Å². The predicted octanol–water partition coefficient (Wildman–Crippen LogP) is 5.27. The van der Waals surface area contributed by atoms with Crippen molar-refractivity contribution in [1.29, 1.82) is 0 Å². The van der Waals surface area contributed by atoms with Crippen LogP contribution < -0.4 is 0 Å². The van der Waals surface area contributed by atoms with Gasteiger partial charge in [0.1, 0.15) is 5.60 Å². The molecule has 0 saturated heterocycles. The molecule has 0 aromatic carbocycles. The normalized spacial score (nSPS) is 30.0. The highest BCUT2D eigenvalue weighted by molar-refractivity contribution is 5.69. The van der Waals surface area contributed by atoms with Crippen LogP contribution in [0.4, 0.5) is 0 Å². The van der Waals surface area contributed by atoms with E-state index in [9.17, 15) is 4.79 Å². The quantitative estimate of drug-likeness (QED) is 0.521. The molecule has 3 atom stereocenters. The van der Waals surface area contributed by atoms with Gasteiger partial charge in [-0.3, -0.25) is 4.79 Å². The van der Waals surface area contributed by atoms with E-state index in [1.54, 1.807) is 11.1 Å². The van der Waals surface area contributed by atoms with Crippen LogP contribution in [0, 0.1) is 17.8 Å². The maximum absolute atomic E-state index is 11.9. The Kier molecular flexibility index (Phi) is 5.16. The van der Waals surface area contributed by atoms with Gasteiger partial charge in [0.25, 0.3) is 0 Å². The molecule has 0 amide bonds. The lowest BCUT2D eigenvalue weighted by atomic mass is 9.81. The van der Waals surface area contributed by atoms with E-state index in [-0.39, 0.29) is 11.6 Å². The molecule has 0 aromatic rings. The van der Waals surface area contributed by atoms with Gasteiger partial charge in [-0.05, 0) is 64.2 Å². The summed E-state index contributed by atoms with van der Waals surface area (Å²) in [5, 5.41) is 0. The smallest absolute Gasteiger partial charge is 0.306 e. The van der Waals surface area contributed by atoms with Crippen LogP contribution in [0.25, 0.3) is 0 Å². The van der Waals surface area contributed by atoms with Crippen LogP contribution in [0.2, 0.25) is 0 Å². The number of esters is 1. The molecule has 2 aliphatic rings. The Hall–Kier alpha value is -0.790. The number of hydrogen-bond donors (Lipinski definition) is 0. The topological polar surface area (TPSA) is 26.3 Å². The van der Waals surface area contributed by atoms with Gasteiger partial charge < -0.3 is 4.74 Å². The molecule has 0 spiro atoms. The van der Waals surface area contributed by atoms with E-state index in [2.05, 4.69) is 27.7 Å². The predicted molar refractivity (Wildman–Crippen MR) is 87.0 cm³/mol. The van der Waals surface area contributed by atoms with Crippen molar-refractivity contribution in [2.24, 2.45) is 17.8 Å². The Morgan fingerprint density at radius 1 is 1.14 bits per heavy atom. The summed E-state index contributed by atoms with van der Waals surface area (Å²) in [5.41, 5.74) is 3.07. The standard InChI is InChI=1S/C19H32O2/c1-6-7-18(20)21-19(4,5)15-10-8-13(2)16-11-9-14(3)17(16)12-15/h13-15H,6-12H2,1-5H3/t13-,14-,15+/m0/s1. The minimum Gasteiger partial charge on any atom is -0.459 e. The zero-order valence-electron chi connectivity index (χ0n) is 14.5. The SMILES string of the molecule is CCCC(=O)OC(C)(C)[C@@H]1CC[C@H](C)C2=C(C1)[C@@H](C)CC2. The summed E-state index contributed by atoms with van der Waals surface area (Å²) in [6, 6.07) is 0. The second-order valence-corrected chi connectivity index (χ2v) is 7.70. The summed E-state index contributed by atoms with van der Waals surface area (Å²) in [6.07, 6.45) is 7.56. The van der Waals surface area contributed by atoms with Crippen molar-refractivity contribution in [3.8, 4) is 0 Å². The number of ether oxygens (including phenoxy) is 1. The second kappa shape index (κ2) is 6.54. The van der Waals surface area contributed by atoms with Crippen LogP contribution >= 0.6 is 0 Å². The first kappa shape index (κ1) is 16.6. The van der Waals surface area contributed by atoms with E-state index in [4.69, 9.17) is 4.74 Å². The molecule has 0 heterocycles. The summed E-state index contributed by atoms with van der Waals surface area (Å²) < 4.78 is 5.83. The average molecular weight is 292 g/mol. The fourth-order valence-corrected chi connectivity index (χ4v) is 4.14. The summed E-state index contributed by atoms with van der Waals surface area (Å²) >= 11 is 0. The molecule has 0 aliphatic heterocycles. The van der Waals surface area contributed by atoms with Crippen LogP contribution in [-0.4, -0.2) is 11.6 Å². The molecular formula is C19H32O2. The fourth-order valence-electron chi connectivity index (χ4n) is 4.14. The van der Waals surface area contributed by atoms with Crippen molar-refractivity contribution in [2.45, 2.75) is 85.2 Å². The molecule has 0 N–H and O–H groups in total. The van der Waals surface area contributed by atoms with Crippen LogP contribution in [0.1, 0.15) is 79.6 Å². The lowest BCUT2D eigenvalue weighted by molar-refractivity contribution is -0.162. The maximum Gasteiger partial charge on any atom is 0.306 e. The molecule has 0 unspecified atom stereocenters. The molecule has 21 heavy (non-hydrogen) atoms. The molecule has 2 aliphatic carbocycles. The maximum atomic E-state index is 11.9. The van der Waals surface area contributed by atoms with Gasteiger partial charge in [-0.15, -0.1) is 0 Å². The molecule has 120 valence electrons. The van der Waals surface area contributed by atoms with Crippen molar-refractivity contribution >= 4 is 5.97 Å².